The lowest BCUT2D eigenvalue weighted by molar-refractivity contribution is 0.451. The molecule has 76 valence electrons. The second-order valence-electron chi connectivity index (χ2n) is 4.30. The van der Waals surface area contributed by atoms with E-state index in [0.29, 0.717) is 5.75 Å². The van der Waals surface area contributed by atoms with Gasteiger partial charge in [-0.05, 0) is 24.8 Å². The van der Waals surface area contributed by atoms with Crippen molar-refractivity contribution >= 4 is 0 Å². The number of phenols is 1. The molecule has 0 bridgehead atoms. The van der Waals surface area contributed by atoms with Gasteiger partial charge in [0.1, 0.15) is 5.75 Å². The Morgan fingerprint density at radius 2 is 2.21 bits per heavy atom. The number of hydrogen-bond acceptors (Lipinski definition) is 2. The molecule has 0 heterocycles. The molecule has 1 fully saturated rings. The van der Waals surface area contributed by atoms with Crippen LogP contribution in [-0.2, 0) is 0 Å². The van der Waals surface area contributed by atoms with Crippen LogP contribution in [0.5, 0.6) is 5.75 Å². The summed E-state index contributed by atoms with van der Waals surface area (Å²) in [5.41, 5.74) is 7.86. The summed E-state index contributed by atoms with van der Waals surface area (Å²) in [6.07, 6.45) is 3.62. The van der Waals surface area contributed by atoms with E-state index in [-0.39, 0.29) is 6.04 Å². The van der Waals surface area contributed by atoms with Crippen molar-refractivity contribution in [1.82, 2.24) is 0 Å². The van der Waals surface area contributed by atoms with Gasteiger partial charge in [0.25, 0.3) is 0 Å². The molecule has 0 radical (unpaired) electrons. The molecule has 1 aromatic rings. The molecule has 1 saturated carbocycles. The predicted octanol–water partition coefficient (Wildman–Crippen LogP) is 2.50. The van der Waals surface area contributed by atoms with Crippen molar-refractivity contribution in [3.8, 4) is 5.75 Å². The Bertz CT molecular complexity index is 331. The lowest BCUT2D eigenvalue weighted by Gasteiger charge is -2.14. The summed E-state index contributed by atoms with van der Waals surface area (Å²) in [6, 6.07) is 5.79. The molecular formula is C12H17NO. The van der Waals surface area contributed by atoms with Gasteiger partial charge in [-0.15, -0.1) is 0 Å². The van der Waals surface area contributed by atoms with Gasteiger partial charge >= 0.3 is 0 Å². The highest BCUT2D eigenvalue weighted by molar-refractivity contribution is 5.41. The molecular weight excluding hydrogens is 174 g/mol. The average molecular weight is 191 g/mol. The third-order valence-electron chi connectivity index (χ3n) is 2.95. The molecule has 2 rings (SSSR count). The number of phenolic OH excluding ortho intramolecular Hbond substituents is 1. The van der Waals surface area contributed by atoms with Crippen LogP contribution in [0.1, 0.15) is 36.4 Å². The molecule has 0 unspecified atom stereocenters. The van der Waals surface area contributed by atoms with Crippen molar-refractivity contribution in [2.45, 2.75) is 32.2 Å². The number of nitrogens with two attached hydrogens (primary N) is 1. The maximum absolute atomic E-state index is 9.82. The van der Waals surface area contributed by atoms with Crippen molar-refractivity contribution < 1.29 is 5.11 Å². The molecule has 1 aliphatic rings. The normalized spacial score (nSPS) is 18.1. The molecule has 2 nitrogen and oxygen atoms in total. The van der Waals surface area contributed by atoms with Gasteiger partial charge in [-0.2, -0.15) is 0 Å². The minimum absolute atomic E-state index is 0.00222. The van der Waals surface area contributed by atoms with Gasteiger partial charge in [-0.25, -0.2) is 0 Å². The van der Waals surface area contributed by atoms with Crippen LogP contribution in [0, 0.1) is 12.8 Å². The first-order chi connectivity index (χ1) is 6.68. The topological polar surface area (TPSA) is 46.2 Å². The lowest BCUT2D eigenvalue weighted by atomic mass is 9.99. The number of para-hydroxylation sites is 1. The zero-order valence-corrected chi connectivity index (χ0v) is 8.53. The Balaban J connectivity index is 2.16. The van der Waals surface area contributed by atoms with Crippen LogP contribution < -0.4 is 5.73 Å². The Morgan fingerprint density at radius 3 is 2.86 bits per heavy atom. The molecule has 0 aromatic heterocycles. The van der Waals surface area contributed by atoms with E-state index in [1.165, 1.54) is 12.8 Å². The summed E-state index contributed by atoms with van der Waals surface area (Å²) < 4.78 is 0. The first kappa shape index (κ1) is 9.53. The number of aromatic hydroxyl groups is 1. The van der Waals surface area contributed by atoms with E-state index in [9.17, 15) is 5.11 Å². The van der Waals surface area contributed by atoms with E-state index in [0.717, 1.165) is 23.5 Å². The molecule has 1 aliphatic carbocycles. The standard InChI is InChI=1S/C12H17NO/c1-8-3-2-4-10(12(8)14)11(13)7-9-5-6-9/h2-4,9,11,14H,5-7,13H2,1H3/t11-/m0/s1. The van der Waals surface area contributed by atoms with Gasteiger partial charge < -0.3 is 10.8 Å². The average Bonchev–Trinajstić information content (AvgIpc) is 2.93. The molecule has 0 saturated heterocycles. The van der Waals surface area contributed by atoms with Gasteiger partial charge in [0.2, 0.25) is 0 Å². The largest absolute Gasteiger partial charge is 0.507 e. The highest BCUT2D eigenvalue weighted by Gasteiger charge is 2.25. The van der Waals surface area contributed by atoms with Crippen LogP contribution in [0.15, 0.2) is 18.2 Å². The van der Waals surface area contributed by atoms with E-state index in [1.54, 1.807) is 0 Å². The van der Waals surface area contributed by atoms with Crippen molar-refractivity contribution in [2.24, 2.45) is 11.7 Å². The van der Waals surface area contributed by atoms with E-state index < -0.39 is 0 Å². The second-order valence-corrected chi connectivity index (χ2v) is 4.30. The van der Waals surface area contributed by atoms with E-state index in [1.807, 2.05) is 25.1 Å². The third kappa shape index (κ3) is 1.90. The summed E-state index contributed by atoms with van der Waals surface area (Å²) in [5.74, 6) is 1.17. The number of aryl methyl sites for hydroxylation is 1. The third-order valence-corrected chi connectivity index (χ3v) is 2.95. The SMILES string of the molecule is Cc1cccc([C@@H](N)CC2CC2)c1O. The Morgan fingerprint density at radius 1 is 1.50 bits per heavy atom. The van der Waals surface area contributed by atoms with E-state index >= 15 is 0 Å². The van der Waals surface area contributed by atoms with Crippen molar-refractivity contribution in [3.05, 3.63) is 29.3 Å². The smallest absolute Gasteiger partial charge is 0.123 e. The number of benzene rings is 1. The molecule has 14 heavy (non-hydrogen) atoms. The highest BCUT2D eigenvalue weighted by atomic mass is 16.3. The minimum Gasteiger partial charge on any atom is -0.507 e. The fourth-order valence-corrected chi connectivity index (χ4v) is 1.82. The van der Waals surface area contributed by atoms with Crippen LogP contribution in [0.2, 0.25) is 0 Å². The Labute approximate surface area is 84.7 Å². The van der Waals surface area contributed by atoms with Crippen LogP contribution in [0.25, 0.3) is 0 Å². The van der Waals surface area contributed by atoms with Crippen LogP contribution in [-0.4, -0.2) is 5.11 Å². The van der Waals surface area contributed by atoms with E-state index in [2.05, 4.69) is 0 Å². The predicted molar refractivity (Wildman–Crippen MR) is 57.1 cm³/mol. The van der Waals surface area contributed by atoms with Gasteiger partial charge in [-0.3, -0.25) is 0 Å². The lowest BCUT2D eigenvalue weighted by Crippen LogP contribution is -2.11. The van der Waals surface area contributed by atoms with Crippen molar-refractivity contribution in [2.75, 3.05) is 0 Å². The first-order valence-electron chi connectivity index (χ1n) is 5.22. The Kier molecular flexibility index (Phi) is 2.46. The minimum atomic E-state index is 0.00222. The summed E-state index contributed by atoms with van der Waals surface area (Å²) in [7, 11) is 0. The molecule has 2 heteroatoms. The summed E-state index contributed by atoms with van der Waals surface area (Å²) in [6.45, 7) is 1.91. The molecule has 0 amide bonds. The zero-order chi connectivity index (χ0) is 10.1. The van der Waals surface area contributed by atoms with Crippen LogP contribution in [0.4, 0.5) is 0 Å². The van der Waals surface area contributed by atoms with Crippen LogP contribution >= 0.6 is 0 Å². The molecule has 3 N–H and O–H groups in total. The molecule has 0 aliphatic heterocycles. The van der Waals surface area contributed by atoms with Crippen molar-refractivity contribution in [3.63, 3.8) is 0 Å². The summed E-state index contributed by atoms with van der Waals surface area (Å²) in [4.78, 5) is 0. The van der Waals surface area contributed by atoms with Gasteiger partial charge in [0.05, 0.1) is 0 Å². The fourth-order valence-electron chi connectivity index (χ4n) is 1.82. The van der Waals surface area contributed by atoms with Crippen LogP contribution in [0.3, 0.4) is 0 Å². The molecule has 0 spiro atoms. The van der Waals surface area contributed by atoms with Gasteiger partial charge in [-0.1, -0.05) is 31.0 Å². The maximum Gasteiger partial charge on any atom is 0.123 e. The number of hydrogen-bond donors (Lipinski definition) is 2. The van der Waals surface area contributed by atoms with Crippen molar-refractivity contribution in [1.29, 1.82) is 0 Å². The van der Waals surface area contributed by atoms with E-state index in [4.69, 9.17) is 5.73 Å². The highest BCUT2D eigenvalue weighted by Crippen LogP contribution is 2.38. The molecule has 1 aromatic carbocycles. The fraction of sp³-hybridized carbons (Fsp3) is 0.500. The summed E-state index contributed by atoms with van der Waals surface area (Å²) in [5, 5.41) is 9.82. The second kappa shape index (κ2) is 3.62. The summed E-state index contributed by atoms with van der Waals surface area (Å²) >= 11 is 0. The monoisotopic (exact) mass is 191 g/mol. The quantitative estimate of drug-likeness (QED) is 0.771. The molecule has 1 atom stereocenters. The van der Waals surface area contributed by atoms with Gasteiger partial charge in [0.15, 0.2) is 0 Å². The zero-order valence-electron chi connectivity index (χ0n) is 8.53. The maximum atomic E-state index is 9.82. The Hall–Kier alpha value is -1.02. The number of rotatable bonds is 3. The van der Waals surface area contributed by atoms with Gasteiger partial charge in [0, 0.05) is 11.6 Å². The first-order valence-corrected chi connectivity index (χ1v) is 5.22.